The van der Waals surface area contributed by atoms with Crippen LogP contribution in [0.5, 0.6) is 0 Å². The summed E-state index contributed by atoms with van der Waals surface area (Å²) in [6.45, 7) is -0.743. The average Bonchev–Trinajstić information content (AvgIpc) is 3.02. The van der Waals surface area contributed by atoms with E-state index in [9.17, 15) is 27.6 Å². The zero-order valence-corrected chi connectivity index (χ0v) is 13.3. The van der Waals surface area contributed by atoms with Gasteiger partial charge in [0.1, 0.15) is 11.6 Å². The molecule has 2 aromatic heterocycles. The number of carbonyl (C=O) groups excluding carboxylic acids is 2. The number of pyridine rings is 1. The lowest BCUT2D eigenvalue weighted by Gasteiger charge is -2.12. The Hall–Kier alpha value is -2.33. The van der Waals surface area contributed by atoms with Gasteiger partial charge in [-0.1, -0.05) is 17.7 Å². The number of nitrogens with one attached hydrogen (secondary N) is 2. The zero-order chi connectivity index (χ0) is 17.9. The topological polar surface area (TPSA) is 80.2 Å². The van der Waals surface area contributed by atoms with Gasteiger partial charge >= 0.3 is 6.18 Å². The van der Waals surface area contributed by atoms with Crippen LogP contribution < -0.4 is 16.4 Å². The number of alkyl halides is 3. The van der Waals surface area contributed by atoms with Crippen LogP contribution in [0.3, 0.4) is 0 Å². The second-order valence-corrected chi connectivity index (χ2v) is 5.84. The number of aromatic nitrogens is 1. The van der Waals surface area contributed by atoms with Crippen molar-refractivity contribution in [1.82, 2.24) is 15.4 Å². The molecule has 0 bridgehead atoms. The Balaban J connectivity index is 2.07. The number of rotatable bonds is 3. The lowest BCUT2D eigenvalue weighted by molar-refractivity contribution is -0.138. The molecule has 0 aliphatic rings. The first-order valence-electron chi connectivity index (χ1n) is 6.28. The molecule has 0 fully saturated rings. The summed E-state index contributed by atoms with van der Waals surface area (Å²) in [5, 5.41) is 0.987. The molecule has 2 N–H and O–H groups in total. The van der Waals surface area contributed by atoms with Gasteiger partial charge in [-0.3, -0.25) is 25.2 Å². The Morgan fingerprint density at radius 2 is 2.00 bits per heavy atom. The van der Waals surface area contributed by atoms with Crippen molar-refractivity contribution >= 4 is 34.8 Å². The van der Waals surface area contributed by atoms with E-state index >= 15 is 0 Å². The van der Waals surface area contributed by atoms with E-state index in [1.807, 2.05) is 5.43 Å². The Labute approximate surface area is 141 Å². The van der Waals surface area contributed by atoms with Crippen molar-refractivity contribution in [3.8, 4) is 0 Å². The highest BCUT2D eigenvalue weighted by Gasteiger charge is 2.32. The Morgan fingerprint density at radius 1 is 1.29 bits per heavy atom. The average molecular weight is 380 g/mol. The van der Waals surface area contributed by atoms with Crippen molar-refractivity contribution < 1.29 is 22.8 Å². The highest BCUT2D eigenvalue weighted by Crippen LogP contribution is 2.29. The van der Waals surface area contributed by atoms with Crippen LogP contribution in [0.15, 0.2) is 34.6 Å². The van der Waals surface area contributed by atoms with Crippen molar-refractivity contribution in [2.45, 2.75) is 12.7 Å². The molecule has 0 unspecified atom stereocenters. The first kappa shape index (κ1) is 18.0. The van der Waals surface area contributed by atoms with Gasteiger partial charge < -0.3 is 4.57 Å². The number of carbonyl (C=O) groups is 2. The van der Waals surface area contributed by atoms with Crippen LogP contribution in [0.1, 0.15) is 15.2 Å². The maximum atomic E-state index is 12.7. The summed E-state index contributed by atoms with van der Waals surface area (Å²) < 4.78 is 38.6. The van der Waals surface area contributed by atoms with E-state index in [0.29, 0.717) is 21.7 Å². The summed E-state index contributed by atoms with van der Waals surface area (Å²) in [5.41, 5.74) is 1.97. The van der Waals surface area contributed by atoms with E-state index in [1.165, 1.54) is 6.07 Å². The fourth-order valence-corrected chi connectivity index (χ4v) is 2.51. The number of amides is 2. The molecule has 2 heterocycles. The minimum atomic E-state index is -4.72. The standard InChI is InChI=1S/C13H9ClF3N3O3S/c14-8-4-7(13(15,16)17)5-20(12(8)23)6-10(21)18-19-11(22)9-2-1-3-24-9/h1-5H,6H2,(H,18,21)(H,19,22). The van der Waals surface area contributed by atoms with E-state index in [4.69, 9.17) is 11.6 Å². The summed E-state index contributed by atoms with van der Waals surface area (Å²) in [4.78, 5) is 35.4. The predicted molar refractivity (Wildman–Crippen MR) is 80.6 cm³/mol. The van der Waals surface area contributed by atoms with Gasteiger partial charge in [0, 0.05) is 6.20 Å². The third-order valence-corrected chi connectivity index (χ3v) is 3.88. The number of nitrogens with zero attached hydrogens (tertiary/aromatic N) is 1. The molecule has 2 rings (SSSR count). The maximum Gasteiger partial charge on any atom is 0.417 e. The SMILES string of the molecule is O=C(Cn1cc(C(F)(F)F)cc(Cl)c1=O)NNC(=O)c1cccs1. The molecule has 2 aromatic rings. The maximum absolute atomic E-state index is 12.7. The molecular formula is C13H9ClF3N3O3S. The summed E-state index contributed by atoms with van der Waals surface area (Å²) in [7, 11) is 0. The quantitative estimate of drug-likeness (QED) is 0.801. The first-order valence-corrected chi connectivity index (χ1v) is 7.54. The molecule has 6 nitrogen and oxygen atoms in total. The van der Waals surface area contributed by atoms with Gasteiger partial charge in [-0.15, -0.1) is 11.3 Å². The van der Waals surface area contributed by atoms with Crippen LogP contribution in [0, 0.1) is 0 Å². The van der Waals surface area contributed by atoms with Gasteiger partial charge in [0.05, 0.1) is 10.4 Å². The van der Waals surface area contributed by atoms with Gasteiger partial charge in [-0.25, -0.2) is 0 Å². The lowest BCUT2D eigenvalue weighted by Crippen LogP contribution is -2.44. The van der Waals surface area contributed by atoms with E-state index in [0.717, 1.165) is 11.3 Å². The normalized spacial score (nSPS) is 11.2. The van der Waals surface area contributed by atoms with Gasteiger partial charge in [-0.2, -0.15) is 13.2 Å². The third kappa shape index (κ3) is 4.36. The van der Waals surface area contributed by atoms with Crippen LogP contribution in [0.4, 0.5) is 13.2 Å². The molecule has 0 radical (unpaired) electrons. The van der Waals surface area contributed by atoms with Crippen molar-refractivity contribution in [2.75, 3.05) is 0 Å². The molecule has 11 heteroatoms. The lowest BCUT2D eigenvalue weighted by atomic mass is 10.2. The summed E-state index contributed by atoms with van der Waals surface area (Å²) in [6.07, 6.45) is -4.24. The van der Waals surface area contributed by atoms with E-state index in [1.54, 1.807) is 11.4 Å². The summed E-state index contributed by atoms with van der Waals surface area (Å²) in [6, 6.07) is 3.63. The molecule has 0 aromatic carbocycles. The molecule has 0 saturated carbocycles. The van der Waals surface area contributed by atoms with E-state index < -0.39 is 40.7 Å². The van der Waals surface area contributed by atoms with E-state index in [2.05, 4.69) is 5.43 Å². The minimum absolute atomic E-state index is 0.328. The van der Waals surface area contributed by atoms with E-state index in [-0.39, 0.29) is 0 Å². The van der Waals surface area contributed by atoms with Crippen LogP contribution in [-0.2, 0) is 17.5 Å². The highest BCUT2D eigenvalue weighted by molar-refractivity contribution is 7.12. The van der Waals surface area contributed by atoms with Crippen LogP contribution in [-0.4, -0.2) is 16.4 Å². The van der Waals surface area contributed by atoms with Crippen LogP contribution in [0.2, 0.25) is 5.02 Å². The second kappa shape index (κ2) is 7.05. The minimum Gasteiger partial charge on any atom is -0.304 e. The number of thiophene rings is 1. The smallest absolute Gasteiger partial charge is 0.304 e. The monoisotopic (exact) mass is 379 g/mol. The zero-order valence-electron chi connectivity index (χ0n) is 11.7. The number of hydrogen-bond acceptors (Lipinski definition) is 4. The Kier molecular flexibility index (Phi) is 5.30. The third-order valence-electron chi connectivity index (χ3n) is 2.74. The Morgan fingerprint density at radius 3 is 2.58 bits per heavy atom. The van der Waals surface area contributed by atoms with Crippen LogP contribution in [0.25, 0.3) is 0 Å². The summed E-state index contributed by atoms with van der Waals surface area (Å²) >= 11 is 6.60. The molecule has 128 valence electrons. The Bertz CT molecular complexity index is 818. The van der Waals surface area contributed by atoms with Gasteiger partial charge in [-0.05, 0) is 17.5 Å². The fraction of sp³-hybridized carbons (Fsp3) is 0.154. The molecule has 0 aliphatic carbocycles. The highest BCUT2D eigenvalue weighted by atomic mass is 35.5. The van der Waals surface area contributed by atoms with Crippen molar-refractivity contribution in [1.29, 1.82) is 0 Å². The number of hydrogen-bond donors (Lipinski definition) is 2. The molecule has 0 spiro atoms. The largest absolute Gasteiger partial charge is 0.417 e. The van der Waals surface area contributed by atoms with Gasteiger partial charge in [0.2, 0.25) is 0 Å². The van der Waals surface area contributed by atoms with Crippen molar-refractivity contribution in [3.63, 3.8) is 0 Å². The number of hydrazine groups is 1. The van der Waals surface area contributed by atoms with Gasteiger partial charge in [0.25, 0.3) is 17.4 Å². The molecule has 0 aliphatic heterocycles. The van der Waals surface area contributed by atoms with Gasteiger partial charge in [0.15, 0.2) is 0 Å². The van der Waals surface area contributed by atoms with Crippen LogP contribution >= 0.6 is 22.9 Å². The van der Waals surface area contributed by atoms with Crippen molar-refractivity contribution in [2.24, 2.45) is 0 Å². The number of halogens is 4. The molecule has 0 atom stereocenters. The fourth-order valence-electron chi connectivity index (χ4n) is 1.66. The predicted octanol–water partition coefficient (Wildman–Crippen LogP) is 2.04. The molecule has 24 heavy (non-hydrogen) atoms. The van der Waals surface area contributed by atoms with Crippen molar-refractivity contribution in [3.05, 3.63) is 55.6 Å². The molecular weight excluding hydrogens is 371 g/mol. The summed E-state index contributed by atoms with van der Waals surface area (Å²) in [5.74, 6) is -1.48. The molecule has 2 amide bonds. The molecule has 0 saturated heterocycles. The second-order valence-electron chi connectivity index (χ2n) is 4.49. The first-order chi connectivity index (χ1) is 11.2.